The van der Waals surface area contributed by atoms with Crippen molar-refractivity contribution in [3.63, 3.8) is 0 Å². The van der Waals surface area contributed by atoms with Gasteiger partial charge in [-0.05, 0) is 6.07 Å². The van der Waals surface area contributed by atoms with Crippen LogP contribution in [-0.4, -0.2) is 63.3 Å². The van der Waals surface area contributed by atoms with E-state index in [1.165, 1.54) is 11.3 Å². The number of hydrogen-bond acceptors (Lipinski definition) is 11. The molecule has 10 nitrogen and oxygen atoms in total. The Balaban J connectivity index is 1.69. The minimum atomic E-state index is 0.206. The topological polar surface area (TPSA) is 125 Å². The zero-order valence-corrected chi connectivity index (χ0v) is 17.0. The van der Waals surface area contributed by atoms with Gasteiger partial charge >= 0.3 is 0 Å². The van der Waals surface area contributed by atoms with E-state index in [0.29, 0.717) is 30.4 Å². The Labute approximate surface area is 175 Å². The Kier molecular flexibility index (Phi) is 4.81. The van der Waals surface area contributed by atoms with E-state index < -0.39 is 0 Å². The molecule has 152 valence electrons. The summed E-state index contributed by atoms with van der Waals surface area (Å²) in [5, 5.41) is 0.768. The van der Waals surface area contributed by atoms with Crippen LogP contribution >= 0.6 is 11.3 Å². The van der Waals surface area contributed by atoms with E-state index in [0.717, 1.165) is 39.8 Å². The van der Waals surface area contributed by atoms with Gasteiger partial charge in [0.05, 0.1) is 31.5 Å². The highest BCUT2D eigenvalue weighted by atomic mass is 32.1. The van der Waals surface area contributed by atoms with E-state index in [9.17, 15) is 0 Å². The maximum Gasteiger partial charge on any atom is 0.219 e. The molecule has 0 atom stereocenters. The molecular formula is C19H18N8O2S. The zero-order valence-electron chi connectivity index (χ0n) is 16.1. The maximum absolute atomic E-state index is 5.63. The van der Waals surface area contributed by atoms with Crippen LogP contribution in [-0.2, 0) is 4.74 Å². The lowest BCUT2D eigenvalue weighted by molar-refractivity contribution is 0.122. The second-order valence-electron chi connectivity index (χ2n) is 6.55. The minimum Gasteiger partial charge on any atom is -0.496 e. The summed E-state index contributed by atoms with van der Waals surface area (Å²) in [6, 6.07) is 1.81. The summed E-state index contributed by atoms with van der Waals surface area (Å²) in [7, 11) is 1.63. The van der Waals surface area contributed by atoms with Crippen LogP contribution in [0.1, 0.15) is 0 Å². The van der Waals surface area contributed by atoms with Gasteiger partial charge in [0.2, 0.25) is 5.95 Å². The fraction of sp³-hybridized carbons (Fsp3) is 0.263. The van der Waals surface area contributed by atoms with Gasteiger partial charge in [-0.25, -0.2) is 24.9 Å². The number of thiazole rings is 1. The lowest BCUT2D eigenvalue weighted by atomic mass is 10.2. The number of nitrogens with zero attached hydrogens (tertiary/aromatic N) is 7. The van der Waals surface area contributed by atoms with E-state index in [4.69, 9.17) is 30.2 Å². The van der Waals surface area contributed by atoms with E-state index in [1.54, 1.807) is 31.9 Å². The third-order valence-corrected chi connectivity index (χ3v) is 5.69. The van der Waals surface area contributed by atoms with E-state index in [1.807, 2.05) is 6.07 Å². The van der Waals surface area contributed by atoms with Crippen molar-refractivity contribution >= 4 is 33.5 Å². The molecule has 0 spiro atoms. The smallest absolute Gasteiger partial charge is 0.219 e. The Bertz CT molecular complexity index is 1190. The first-order chi connectivity index (χ1) is 14.7. The predicted octanol–water partition coefficient (Wildman–Crippen LogP) is 2.03. The number of methoxy groups -OCH3 is 1. The van der Waals surface area contributed by atoms with Crippen molar-refractivity contribution in [2.45, 2.75) is 0 Å². The number of nitrogen functional groups attached to an aromatic ring is 1. The van der Waals surface area contributed by atoms with Crippen LogP contribution in [0.25, 0.3) is 32.3 Å². The van der Waals surface area contributed by atoms with Crippen LogP contribution in [0.2, 0.25) is 0 Å². The van der Waals surface area contributed by atoms with Crippen molar-refractivity contribution in [1.82, 2.24) is 29.9 Å². The number of anilines is 2. The normalized spacial score (nSPS) is 14.2. The van der Waals surface area contributed by atoms with Crippen molar-refractivity contribution in [3.05, 3.63) is 30.9 Å². The maximum atomic E-state index is 5.63. The third kappa shape index (κ3) is 3.37. The van der Waals surface area contributed by atoms with Gasteiger partial charge < -0.3 is 20.1 Å². The molecule has 11 heteroatoms. The second kappa shape index (κ2) is 7.76. The van der Waals surface area contributed by atoms with Gasteiger partial charge in [-0.15, -0.1) is 0 Å². The van der Waals surface area contributed by atoms with Crippen LogP contribution < -0.4 is 15.4 Å². The standard InChI is InChI=1S/C19H18N8O2S/c1-28-13-2-3-21-10-12(13)17-24-14-16(27-4-6-29-7-5-27)25-15(26-18(14)30-17)11-8-22-19(20)23-9-11/h2-3,8-10H,4-7H2,1H3,(H2,20,22,23). The molecule has 0 bridgehead atoms. The molecule has 5 rings (SSSR count). The molecule has 0 amide bonds. The molecule has 0 radical (unpaired) electrons. The van der Waals surface area contributed by atoms with Gasteiger partial charge in [-0.3, -0.25) is 4.98 Å². The Morgan fingerprint density at radius 2 is 1.90 bits per heavy atom. The molecule has 1 aliphatic rings. The molecule has 0 aromatic carbocycles. The Morgan fingerprint density at radius 1 is 1.10 bits per heavy atom. The van der Waals surface area contributed by atoms with Crippen LogP contribution in [0, 0.1) is 0 Å². The van der Waals surface area contributed by atoms with Crippen LogP contribution in [0.5, 0.6) is 5.75 Å². The molecule has 4 aromatic heterocycles. The minimum absolute atomic E-state index is 0.206. The third-order valence-electron chi connectivity index (χ3n) is 4.71. The number of hydrogen-bond donors (Lipinski definition) is 1. The van der Waals surface area contributed by atoms with Crippen LogP contribution in [0.4, 0.5) is 11.8 Å². The van der Waals surface area contributed by atoms with Crippen molar-refractivity contribution in [1.29, 1.82) is 0 Å². The summed E-state index contributed by atoms with van der Waals surface area (Å²) >= 11 is 1.46. The molecule has 0 unspecified atom stereocenters. The van der Waals surface area contributed by atoms with Crippen molar-refractivity contribution in [2.24, 2.45) is 0 Å². The molecule has 0 aliphatic carbocycles. The van der Waals surface area contributed by atoms with Crippen molar-refractivity contribution in [2.75, 3.05) is 44.0 Å². The highest BCUT2D eigenvalue weighted by Gasteiger charge is 2.22. The number of ether oxygens (including phenoxy) is 2. The summed E-state index contributed by atoms with van der Waals surface area (Å²) in [5.41, 5.74) is 7.87. The molecule has 1 aliphatic heterocycles. The molecule has 1 saturated heterocycles. The number of rotatable bonds is 4. The molecular weight excluding hydrogens is 404 g/mol. The first-order valence-electron chi connectivity index (χ1n) is 9.30. The average molecular weight is 422 g/mol. The van der Waals surface area contributed by atoms with Crippen LogP contribution in [0.3, 0.4) is 0 Å². The summed E-state index contributed by atoms with van der Waals surface area (Å²) in [4.78, 5) is 29.7. The quantitative estimate of drug-likeness (QED) is 0.522. The van der Waals surface area contributed by atoms with Gasteiger partial charge in [0.1, 0.15) is 21.1 Å². The number of pyridine rings is 1. The lowest BCUT2D eigenvalue weighted by Gasteiger charge is -2.28. The highest BCUT2D eigenvalue weighted by molar-refractivity contribution is 7.21. The van der Waals surface area contributed by atoms with Gasteiger partial charge in [-0.1, -0.05) is 11.3 Å². The monoisotopic (exact) mass is 422 g/mol. The lowest BCUT2D eigenvalue weighted by Crippen LogP contribution is -2.37. The Hall–Kier alpha value is -3.44. The average Bonchev–Trinajstić information content (AvgIpc) is 3.23. The zero-order chi connectivity index (χ0) is 20.5. The number of nitrogens with two attached hydrogens (primary N) is 1. The van der Waals surface area contributed by atoms with Gasteiger partial charge in [0.25, 0.3) is 0 Å². The van der Waals surface area contributed by atoms with Gasteiger partial charge in [0, 0.05) is 37.9 Å². The molecule has 5 heterocycles. The first kappa shape index (κ1) is 18.6. The Morgan fingerprint density at radius 3 is 2.67 bits per heavy atom. The SMILES string of the molecule is COc1ccncc1-c1nc2c(N3CCOCC3)nc(-c3cnc(N)nc3)nc2s1. The predicted molar refractivity (Wildman–Crippen MR) is 113 cm³/mol. The fourth-order valence-electron chi connectivity index (χ4n) is 3.22. The number of morpholine rings is 1. The molecule has 4 aromatic rings. The van der Waals surface area contributed by atoms with Crippen molar-refractivity contribution in [3.8, 4) is 27.7 Å². The molecule has 0 saturated carbocycles. The number of fused-ring (bicyclic) bond motifs is 1. The summed E-state index contributed by atoms with van der Waals surface area (Å²) in [6.07, 6.45) is 6.68. The summed E-state index contributed by atoms with van der Waals surface area (Å²) in [6.45, 7) is 2.73. The van der Waals surface area contributed by atoms with Crippen molar-refractivity contribution < 1.29 is 9.47 Å². The molecule has 1 fully saturated rings. The van der Waals surface area contributed by atoms with Gasteiger partial charge in [0.15, 0.2) is 11.6 Å². The largest absolute Gasteiger partial charge is 0.496 e. The van der Waals surface area contributed by atoms with E-state index in [-0.39, 0.29) is 5.95 Å². The summed E-state index contributed by atoms with van der Waals surface area (Å²) in [5.74, 6) is 2.20. The van der Waals surface area contributed by atoms with E-state index >= 15 is 0 Å². The van der Waals surface area contributed by atoms with Gasteiger partial charge in [-0.2, -0.15) is 0 Å². The first-order valence-corrected chi connectivity index (χ1v) is 10.1. The second-order valence-corrected chi connectivity index (χ2v) is 7.53. The molecule has 30 heavy (non-hydrogen) atoms. The summed E-state index contributed by atoms with van der Waals surface area (Å²) < 4.78 is 11.0. The molecule has 2 N–H and O–H groups in total. The van der Waals surface area contributed by atoms with E-state index in [2.05, 4.69) is 19.9 Å². The van der Waals surface area contributed by atoms with Crippen LogP contribution in [0.15, 0.2) is 30.9 Å². The number of aromatic nitrogens is 6. The fourth-order valence-corrected chi connectivity index (χ4v) is 4.17. The highest BCUT2D eigenvalue weighted by Crippen LogP contribution is 2.38.